The molecule has 0 N–H and O–H groups in total. The van der Waals surface area contributed by atoms with Crippen LogP contribution in [0.1, 0.15) is 19.3 Å². The lowest BCUT2D eigenvalue weighted by Gasteiger charge is -2.30. The SMILES string of the molecule is C=CCC[Si](CCC=C)(CCC=C)[SiH2]C=C. The van der Waals surface area contributed by atoms with E-state index in [4.69, 9.17) is 0 Å². The molecule has 16 heavy (non-hydrogen) atoms. The van der Waals surface area contributed by atoms with Crippen molar-refractivity contribution in [2.24, 2.45) is 0 Å². The Labute approximate surface area is 104 Å². The van der Waals surface area contributed by atoms with E-state index in [0.717, 1.165) is 0 Å². The van der Waals surface area contributed by atoms with Gasteiger partial charge in [0.15, 0.2) is 0 Å². The van der Waals surface area contributed by atoms with E-state index in [1.165, 1.54) is 37.4 Å². The lowest BCUT2D eigenvalue weighted by Crippen LogP contribution is -2.40. The minimum Gasteiger partial charge on any atom is -0.111 e. The molecule has 0 unspecified atom stereocenters. The van der Waals surface area contributed by atoms with Crippen LogP contribution in [0.2, 0.25) is 18.1 Å². The molecule has 0 spiro atoms. The van der Waals surface area contributed by atoms with Gasteiger partial charge in [-0.3, -0.25) is 0 Å². The van der Waals surface area contributed by atoms with Crippen molar-refractivity contribution in [3.8, 4) is 0 Å². The molecule has 0 amide bonds. The molecule has 0 aromatic rings. The Morgan fingerprint density at radius 3 is 1.38 bits per heavy atom. The predicted molar refractivity (Wildman–Crippen MR) is 83.4 cm³/mol. The van der Waals surface area contributed by atoms with Gasteiger partial charge in [0.1, 0.15) is 0 Å². The zero-order chi connectivity index (χ0) is 12.3. The molecule has 0 nitrogen and oxygen atoms in total. The fraction of sp³-hybridized carbons (Fsp3) is 0.429. The van der Waals surface area contributed by atoms with Crippen molar-refractivity contribution >= 4 is 16.6 Å². The van der Waals surface area contributed by atoms with Crippen molar-refractivity contribution < 1.29 is 0 Å². The molecule has 2 heteroatoms. The third-order valence-corrected chi connectivity index (χ3v) is 15.1. The van der Waals surface area contributed by atoms with Gasteiger partial charge in [0.05, 0.1) is 0 Å². The van der Waals surface area contributed by atoms with Gasteiger partial charge in [0, 0.05) is 16.6 Å². The fourth-order valence-corrected chi connectivity index (χ4v) is 12.1. The Morgan fingerprint density at radius 1 is 0.750 bits per heavy atom. The zero-order valence-corrected chi connectivity index (χ0v) is 13.0. The first kappa shape index (κ1) is 15.4. The molecule has 0 aliphatic carbocycles. The molecule has 0 saturated carbocycles. The maximum Gasteiger partial charge on any atom is 0.0457 e. The quantitative estimate of drug-likeness (QED) is 0.384. The predicted octanol–water partition coefficient (Wildman–Crippen LogP) is 3.97. The Hall–Kier alpha value is -0.606. The molecule has 0 aromatic heterocycles. The lowest BCUT2D eigenvalue weighted by molar-refractivity contribution is 1.04. The molecule has 0 aliphatic rings. The highest BCUT2D eigenvalue weighted by Gasteiger charge is 2.28. The average Bonchev–Trinajstić information content (AvgIpc) is 2.31. The van der Waals surface area contributed by atoms with Gasteiger partial charge in [-0.25, -0.2) is 0 Å². The highest BCUT2D eigenvalue weighted by atomic mass is 29.2. The van der Waals surface area contributed by atoms with Crippen molar-refractivity contribution in [3.63, 3.8) is 0 Å². The third kappa shape index (κ3) is 6.08. The molecule has 0 aromatic carbocycles. The van der Waals surface area contributed by atoms with E-state index in [0.29, 0.717) is 0 Å². The second-order valence-electron chi connectivity index (χ2n) is 4.47. The van der Waals surface area contributed by atoms with E-state index >= 15 is 0 Å². The van der Waals surface area contributed by atoms with Crippen molar-refractivity contribution in [1.29, 1.82) is 0 Å². The summed E-state index contributed by atoms with van der Waals surface area (Å²) in [5.74, 6) is 0. The fourth-order valence-electron chi connectivity index (χ4n) is 2.21. The topological polar surface area (TPSA) is 0 Å². The van der Waals surface area contributed by atoms with Crippen molar-refractivity contribution in [1.82, 2.24) is 0 Å². The van der Waals surface area contributed by atoms with E-state index in [1.807, 2.05) is 0 Å². The largest absolute Gasteiger partial charge is 0.111 e. The van der Waals surface area contributed by atoms with Gasteiger partial charge in [-0.2, -0.15) is 0 Å². The normalized spacial score (nSPS) is 11.5. The molecular formula is C14H26Si2. The van der Waals surface area contributed by atoms with Gasteiger partial charge in [0.2, 0.25) is 0 Å². The number of hydrogen-bond acceptors (Lipinski definition) is 0. The molecule has 0 aliphatic heterocycles. The van der Waals surface area contributed by atoms with Gasteiger partial charge in [-0.1, -0.05) is 36.4 Å². The first-order valence-corrected chi connectivity index (χ1v) is 11.9. The van der Waals surface area contributed by atoms with Gasteiger partial charge in [-0.15, -0.1) is 32.0 Å². The number of rotatable bonds is 11. The Bertz CT molecular complexity index is 200. The van der Waals surface area contributed by atoms with Crippen LogP contribution >= 0.6 is 0 Å². The lowest BCUT2D eigenvalue weighted by atomic mass is 10.5. The second kappa shape index (κ2) is 9.61. The van der Waals surface area contributed by atoms with Gasteiger partial charge in [0.25, 0.3) is 0 Å². The van der Waals surface area contributed by atoms with Crippen LogP contribution in [0.4, 0.5) is 0 Å². The van der Waals surface area contributed by atoms with Gasteiger partial charge < -0.3 is 0 Å². The molecule has 0 bridgehead atoms. The van der Waals surface area contributed by atoms with E-state index in [9.17, 15) is 0 Å². The molecule has 0 atom stereocenters. The minimum absolute atomic E-state index is 0.0727. The van der Waals surface area contributed by atoms with Crippen LogP contribution in [0, 0.1) is 0 Å². The summed E-state index contributed by atoms with van der Waals surface area (Å²) in [6, 6.07) is 4.20. The van der Waals surface area contributed by atoms with E-state index in [2.05, 4.69) is 50.2 Å². The highest BCUT2D eigenvalue weighted by molar-refractivity contribution is 7.26. The molecule has 90 valence electrons. The standard InChI is InChI=1S/C14H26Si2/c1-5-9-12-16(15-8-4,13-10-6-2)14-11-7-3/h5-8H,1-4,9-15H2. The second-order valence-corrected chi connectivity index (χ2v) is 15.7. The molecule has 0 saturated heterocycles. The van der Waals surface area contributed by atoms with Gasteiger partial charge in [-0.05, 0) is 19.3 Å². The van der Waals surface area contributed by atoms with E-state index < -0.39 is 7.59 Å². The maximum atomic E-state index is 3.99. The molecular weight excluding hydrogens is 224 g/mol. The summed E-state index contributed by atoms with van der Waals surface area (Å²) in [4.78, 5) is 0. The highest BCUT2D eigenvalue weighted by Crippen LogP contribution is 2.26. The monoisotopic (exact) mass is 250 g/mol. The minimum atomic E-state index is -1.05. The van der Waals surface area contributed by atoms with Crippen LogP contribution in [0.5, 0.6) is 0 Å². The van der Waals surface area contributed by atoms with Gasteiger partial charge >= 0.3 is 0 Å². The van der Waals surface area contributed by atoms with Crippen LogP contribution in [0.25, 0.3) is 0 Å². The summed E-state index contributed by atoms with van der Waals surface area (Å²) in [5, 5.41) is 0. The summed E-state index contributed by atoms with van der Waals surface area (Å²) in [6.07, 6.45) is 9.76. The number of hydrogen-bond donors (Lipinski definition) is 0. The Balaban J connectivity index is 4.54. The van der Waals surface area contributed by atoms with Crippen molar-refractivity contribution in [2.75, 3.05) is 0 Å². The summed E-state index contributed by atoms with van der Waals surface area (Å²) in [7, 11) is -1.12. The molecule has 0 fully saturated rings. The zero-order valence-electron chi connectivity index (χ0n) is 10.6. The van der Waals surface area contributed by atoms with Crippen molar-refractivity contribution in [2.45, 2.75) is 37.4 Å². The Morgan fingerprint density at radius 2 is 1.12 bits per heavy atom. The number of allylic oxidation sites excluding steroid dienone is 3. The first-order chi connectivity index (χ1) is 7.74. The van der Waals surface area contributed by atoms with Crippen molar-refractivity contribution in [3.05, 3.63) is 50.2 Å². The summed E-state index contributed by atoms with van der Waals surface area (Å²) in [5.41, 5.74) is 2.25. The van der Waals surface area contributed by atoms with Crippen LogP contribution < -0.4 is 0 Å². The average molecular weight is 251 g/mol. The molecule has 0 radical (unpaired) electrons. The maximum absolute atomic E-state index is 3.99. The van der Waals surface area contributed by atoms with Crippen LogP contribution in [0.3, 0.4) is 0 Å². The van der Waals surface area contributed by atoms with Crippen LogP contribution in [-0.4, -0.2) is 16.6 Å². The summed E-state index contributed by atoms with van der Waals surface area (Å²) in [6.45, 7) is 15.6. The smallest absolute Gasteiger partial charge is 0.0457 e. The molecule has 0 heterocycles. The van der Waals surface area contributed by atoms with Crippen LogP contribution in [0.15, 0.2) is 50.2 Å². The first-order valence-electron chi connectivity index (χ1n) is 6.18. The van der Waals surface area contributed by atoms with E-state index in [1.54, 1.807) is 0 Å². The van der Waals surface area contributed by atoms with E-state index in [-0.39, 0.29) is 9.04 Å². The summed E-state index contributed by atoms with van der Waals surface area (Å²) >= 11 is 0. The third-order valence-electron chi connectivity index (χ3n) is 3.21. The summed E-state index contributed by atoms with van der Waals surface area (Å²) < 4.78 is 0. The van der Waals surface area contributed by atoms with Crippen LogP contribution in [-0.2, 0) is 0 Å². The molecule has 0 rings (SSSR count). The Kier molecular flexibility index (Phi) is 9.24.